The monoisotopic (exact) mass is 348 g/mol. The van der Waals surface area contributed by atoms with E-state index in [2.05, 4.69) is 5.32 Å². The predicted octanol–water partition coefficient (Wildman–Crippen LogP) is 2.81. The fourth-order valence-electron chi connectivity index (χ4n) is 2.84. The van der Waals surface area contributed by atoms with Gasteiger partial charge in [0.2, 0.25) is 5.91 Å². The Morgan fingerprint density at radius 3 is 2.88 bits per heavy atom. The van der Waals surface area contributed by atoms with Gasteiger partial charge >= 0.3 is 0 Å². The number of benzene rings is 1. The number of morpholine rings is 1. The molecular weight excluding hydrogens is 327 g/mol. The highest BCUT2D eigenvalue weighted by Crippen LogP contribution is 2.26. The van der Waals surface area contributed by atoms with E-state index in [0.717, 1.165) is 10.4 Å². The van der Waals surface area contributed by atoms with Crippen LogP contribution < -0.4 is 5.32 Å². The largest absolute Gasteiger partial charge is 0.375 e. The molecule has 1 aromatic heterocycles. The molecule has 4 nitrogen and oxygen atoms in total. The number of carbonyl (C=O) groups is 1. The van der Waals surface area contributed by atoms with E-state index in [1.54, 1.807) is 23.5 Å². The summed E-state index contributed by atoms with van der Waals surface area (Å²) < 4.78 is 18.7. The average molecular weight is 348 g/mol. The smallest absolute Gasteiger partial charge is 0.236 e. The van der Waals surface area contributed by atoms with Crippen molar-refractivity contribution in [1.29, 1.82) is 0 Å². The van der Waals surface area contributed by atoms with Gasteiger partial charge in [0.05, 0.1) is 25.3 Å². The van der Waals surface area contributed by atoms with Crippen LogP contribution in [-0.2, 0) is 9.53 Å². The molecule has 2 aromatic rings. The van der Waals surface area contributed by atoms with Gasteiger partial charge in [0.25, 0.3) is 0 Å². The standard InChI is InChI=1S/C18H21FN2O2S/c1-13-12-21(8-9-23-13)17(22)11-20-18(16-3-2-10-24-16)14-4-6-15(19)7-5-14/h2-7,10,13,18,20H,8-9,11-12H2,1H3/t13-,18-/m1/s1. The van der Waals surface area contributed by atoms with Crippen LogP contribution in [-0.4, -0.2) is 43.2 Å². The Hall–Kier alpha value is -1.76. The molecule has 24 heavy (non-hydrogen) atoms. The summed E-state index contributed by atoms with van der Waals surface area (Å²) in [6.45, 7) is 4.05. The Balaban J connectivity index is 1.68. The van der Waals surface area contributed by atoms with E-state index in [1.165, 1.54) is 12.1 Å². The van der Waals surface area contributed by atoms with Gasteiger partial charge in [-0.25, -0.2) is 4.39 Å². The molecular formula is C18H21FN2O2S. The van der Waals surface area contributed by atoms with Crippen molar-refractivity contribution in [1.82, 2.24) is 10.2 Å². The van der Waals surface area contributed by atoms with Crippen molar-refractivity contribution in [3.63, 3.8) is 0 Å². The molecule has 1 amide bonds. The highest BCUT2D eigenvalue weighted by molar-refractivity contribution is 7.10. The van der Waals surface area contributed by atoms with E-state index in [1.807, 2.05) is 29.3 Å². The minimum Gasteiger partial charge on any atom is -0.375 e. The normalized spacial score (nSPS) is 19.2. The summed E-state index contributed by atoms with van der Waals surface area (Å²) in [4.78, 5) is 15.4. The van der Waals surface area contributed by atoms with Gasteiger partial charge in [-0.1, -0.05) is 18.2 Å². The highest BCUT2D eigenvalue weighted by Gasteiger charge is 2.23. The molecule has 6 heteroatoms. The molecule has 0 spiro atoms. The number of nitrogens with one attached hydrogen (secondary N) is 1. The number of hydrogen-bond acceptors (Lipinski definition) is 4. The van der Waals surface area contributed by atoms with Crippen molar-refractivity contribution in [2.75, 3.05) is 26.2 Å². The third kappa shape index (κ3) is 4.20. The first-order chi connectivity index (χ1) is 11.6. The second kappa shape index (κ2) is 7.88. The molecule has 1 aromatic carbocycles. The number of ether oxygens (including phenoxy) is 1. The summed E-state index contributed by atoms with van der Waals surface area (Å²) in [6, 6.07) is 10.3. The van der Waals surface area contributed by atoms with Crippen LogP contribution >= 0.6 is 11.3 Å². The number of hydrogen-bond donors (Lipinski definition) is 1. The molecule has 3 rings (SSSR count). The van der Waals surface area contributed by atoms with Crippen LogP contribution in [0.2, 0.25) is 0 Å². The zero-order chi connectivity index (χ0) is 16.9. The molecule has 128 valence electrons. The van der Waals surface area contributed by atoms with E-state index in [4.69, 9.17) is 4.74 Å². The first-order valence-electron chi connectivity index (χ1n) is 8.05. The number of halogens is 1. The van der Waals surface area contributed by atoms with Gasteiger partial charge in [-0.3, -0.25) is 10.1 Å². The van der Waals surface area contributed by atoms with E-state index in [0.29, 0.717) is 19.7 Å². The van der Waals surface area contributed by atoms with Gasteiger partial charge in [-0.05, 0) is 36.1 Å². The quantitative estimate of drug-likeness (QED) is 0.903. The van der Waals surface area contributed by atoms with Crippen molar-refractivity contribution < 1.29 is 13.9 Å². The fourth-order valence-corrected chi connectivity index (χ4v) is 3.67. The maximum absolute atomic E-state index is 13.2. The predicted molar refractivity (Wildman–Crippen MR) is 92.6 cm³/mol. The van der Waals surface area contributed by atoms with Gasteiger partial charge in [0.15, 0.2) is 0 Å². The van der Waals surface area contributed by atoms with E-state index in [9.17, 15) is 9.18 Å². The molecule has 1 saturated heterocycles. The minimum absolute atomic E-state index is 0.0637. The lowest BCUT2D eigenvalue weighted by Gasteiger charge is -2.31. The molecule has 2 atom stereocenters. The molecule has 2 heterocycles. The summed E-state index contributed by atoms with van der Waals surface area (Å²) in [5.74, 6) is -0.198. The second-order valence-electron chi connectivity index (χ2n) is 5.90. The molecule has 1 aliphatic rings. The Bertz CT molecular complexity index is 660. The van der Waals surface area contributed by atoms with Gasteiger partial charge in [0.1, 0.15) is 5.82 Å². The number of carbonyl (C=O) groups excluding carboxylic acids is 1. The van der Waals surface area contributed by atoms with Crippen LogP contribution in [0.25, 0.3) is 0 Å². The molecule has 0 saturated carbocycles. The third-order valence-corrected chi connectivity index (χ3v) is 5.02. The topological polar surface area (TPSA) is 41.6 Å². The molecule has 0 bridgehead atoms. The van der Waals surface area contributed by atoms with Crippen LogP contribution in [0.15, 0.2) is 41.8 Å². The van der Waals surface area contributed by atoms with E-state index < -0.39 is 0 Å². The minimum atomic E-state index is -0.262. The Morgan fingerprint density at radius 1 is 1.42 bits per heavy atom. The van der Waals surface area contributed by atoms with Crippen molar-refractivity contribution >= 4 is 17.2 Å². The van der Waals surface area contributed by atoms with Crippen molar-refractivity contribution in [3.05, 3.63) is 58.0 Å². The van der Waals surface area contributed by atoms with Crippen LogP contribution in [0.3, 0.4) is 0 Å². The lowest BCUT2D eigenvalue weighted by atomic mass is 10.1. The summed E-state index contributed by atoms with van der Waals surface area (Å²) in [5.41, 5.74) is 0.946. The molecule has 1 N–H and O–H groups in total. The molecule has 0 aliphatic carbocycles. The lowest BCUT2D eigenvalue weighted by Crippen LogP contribution is -2.48. The first-order valence-corrected chi connectivity index (χ1v) is 8.93. The van der Waals surface area contributed by atoms with Gasteiger partial charge in [-0.2, -0.15) is 0 Å². The third-order valence-electron chi connectivity index (χ3n) is 4.08. The Morgan fingerprint density at radius 2 is 2.21 bits per heavy atom. The number of rotatable bonds is 5. The van der Waals surface area contributed by atoms with Gasteiger partial charge in [0, 0.05) is 18.0 Å². The number of amides is 1. The zero-order valence-corrected chi connectivity index (χ0v) is 14.4. The molecule has 0 unspecified atom stereocenters. The number of thiophene rings is 1. The molecule has 1 aliphatic heterocycles. The van der Waals surface area contributed by atoms with Gasteiger partial charge in [-0.15, -0.1) is 11.3 Å². The first kappa shape index (κ1) is 17.1. The number of nitrogens with zero attached hydrogens (tertiary/aromatic N) is 1. The van der Waals surface area contributed by atoms with Crippen LogP contribution in [0.1, 0.15) is 23.4 Å². The maximum Gasteiger partial charge on any atom is 0.236 e. The highest BCUT2D eigenvalue weighted by atomic mass is 32.1. The average Bonchev–Trinajstić information content (AvgIpc) is 3.11. The van der Waals surface area contributed by atoms with E-state index in [-0.39, 0.29) is 30.4 Å². The summed E-state index contributed by atoms with van der Waals surface area (Å²) in [6.07, 6.45) is 0.0768. The van der Waals surface area contributed by atoms with E-state index >= 15 is 0 Å². The Kier molecular flexibility index (Phi) is 5.60. The molecule has 0 radical (unpaired) electrons. The van der Waals surface area contributed by atoms with Crippen molar-refractivity contribution in [3.8, 4) is 0 Å². The summed E-state index contributed by atoms with van der Waals surface area (Å²) in [7, 11) is 0. The van der Waals surface area contributed by atoms with Crippen molar-refractivity contribution in [2.45, 2.75) is 19.1 Å². The van der Waals surface area contributed by atoms with Gasteiger partial charge < -0.3 is 9.64 Å². The van der Waals surface area contributed by atoms with Crippen LogP contribution in [0.4, 0.5) is 4.39 Å². The maximum atomic E-state index is 13.2. The van der Waals surface area contributed by atoms with Crippen LogP contribution in [0.5, 0.6) is 0 Å². The fraction of sp³-hybridized carbons (Fsp3) is 0.389. The summed E-state index contributed by atoms with van der Waals surface area (Å²) in [5, 5.41) is 5.32. The summed E-state index contributed by atoms with van der Waals surface area (Å²) >= 11 is 1.62. The zero-order valence-electron chi connectivity index (χ0n) is 13.6. The van der Waals surface area contributed by atoms with Crippen LogP contribution in [0, 0.1) is 5.82 Å². The van der Waals surface area contributed by atoms with Crippen molar-refractivity contribution in [2.24, 2.45) is 0 Å². The SMILES string of the molecule is C[C@@H]1CN(C(=O)CN[C@H](c2ccc(F)cc2)c2cccs2)CCO1. The second-order valence-corrected chi connectivity index (χ2v) is 6.88. The molecule has 1 fully saturated rings. The lowest BCUT2D eigenvalue weighted by molar-refractivity contribution is -0.137. The Labute approximate surface area is 145 Å².